The van der Waals surface area contributed by atoms with Crippen LogP contribution in [-0.4, -0.2) is 12.9 Å². The zero-order valence-corrected chi connectivity index (χ0v) is 10.2. The predicted octanol–water partition coefficient (Wildman–Crippen LogP) is 3.56. The van der Waals surface area contributed by atoms with Crippen LogP contribution in [-0.2, 0) is 4.74 Å². The highest BCUT2D eigenvalue weighted by atomic mass is 16.5. The highest BCUT2D eigenvalue weighted by molar-refractivity contribution is 6.09. The van der Waals surface area contributed by atoms with Crippen LogP contribution in [0.2, 0.25) is 0 Å². The van der Waals surface area contributed by atoms with Gasteiger partial charge in [-0.05, 0) is 11.6 Å². The molecule has 0 saturated heterocycles. The minimum absolute atomic E-state index is 0.109. The third-order valence-corrected chi connectivity index (χ3v) is 2.58. The molecule has 0 aliphatic rings. The molecule has 0 spiro atoms. The van der Waals surface area contributed by atoms with Gasteiger partial charge in [0.1, 0.15) is 0 Å². The summed E-state index contributed by atoms with van der Waals surface area (Å²) in [5.74, 6) is 0.231. The van der Waals surface area contributed by atoms with Gasteiger partial charge in [0.2, 0.25) is 5.78 Å². The van der Waals surface area contributed by atoms with Crippen LogP contribution < -0.4 is 0 Å². The maximum Gasteiger partial charge on any atom is 0.227 e. The number of methoxy groups -OCH3 is 1. The van der Waals surface area contributed by atoms with Crippen LogP contribution >= 0.6 is 0 Å². The number of carbonyl (C=O) groups is 1. The number of rotatable bonds is 4. The maximum atomic E-state index is 12.2. The van der Waals surface area contributed by atoms with Crippen LogP contribution in [0, 0.1) is 0 Å². The normalized spacial score (nSPS) is 11.1. The van der Waals surface area contributed by atoms with Gasteiger partial charge in [-0.2, -0.15) is 0 Å². The summed E-state index contributed by atoms with van der Waals surface area (Å²) >= 11 is 0. The minimum Gasteiger partial charge on any atom is -0.493 e. The van der Waals surface area contributed by atoms with Gasteiger partial charge in [0, 0.05) is 5.56 Å². The van der Waals surface area contributed by atoms with Crippen LogP contribution in [0.25, 0.3) is 6.08 Å². The van der Waals surface area contributed by atoms with Gasteiger partial charge in [0.25, 0.3) is 0 Å². The average Bonchev–Trinajstić information content (AvgIpc) is 2.46. The molecule has 0 aliphatic heterocycles. The number of ether oxygens (including phenoxy) is 1. The van der Waals surface area contributed by atoms with Crippen molar-refractivity contribution >= 4 is 11.9 Å². The number of ketones is 1. The van der Waals surface area contributed by atoms with E-state index in [0.717, 1.165) is 5.56 Å². The number of hydrogen-bond donors (Lipinski definition) is 0. The topological polar surface area (TPSA) is 26.3 Å². The molecule has 0 atom stereocenters. The van der Waals surface area contributed by atoms with E-state index >= 15 is 0 Å². The molecular weight excluding hydrogens is 224 g/mol. The number of allylic oxidation sites excluding steroid dienone is 1. The van der Waals surface area contributed by atoms with Gasteiger partial charge in [-0.25, -0.2) is 0 Å². The molecule has 90 valence electrons. The first-order valence-corrected chi connectivity index (χ1v) is 5.72. The molecule has 0 radical (unpaired) electrons. The molecule has 18 heavy (non-hydrogen) atoms. The summed E-state index contributed by atoms with van der Waals surface area (Å²) in [7, 11) is 1.51. The van der Waals surface area contributed by atoms with Crippen molar-refractivity contribution in [1.29, 1.82) is 0 Å². The van der Waals surface area contributed by atoms with Gasteiger partial charge < -0.3 is 4.74 Å². The lowest BCUT2D eigenvalue weighted by molar-refractivity contribution is 0.0957. The first-order valence-electron chi connectivity index (χ1n) is 5.72. The lowest BCUT2D eigenvalue weighted by Gasteiger charge is -2.05. The van der Waals surface area contributed by atoms with E-state index in [1.807, 2.05) is 48.5 Å². The molecule has 0 bridgehead atoms. The lowest BCUT2D eigenvalue weighted by Crippen LogP contribution is -2.04. The van der Waals surface area contributed by atoms with E-state index in [1.54, 1.807) is 18.2 Å². The standard InChI is InChI=1S/C16H14O2/c1-18-15(12-13-8-4-2-5-9-13)16(17)14-10-6-3-7-11-14/h2-12H,1H3/b15-12-. The van der Waals surface area contributed by atoms with Crippen LogP contribution in [0.3, 0.4) is 0 Å². The molecule has 0 saturated carbocycles. The smallest absolute Gasteiger partial charge is 0.227 e. The molecule has 2 aromatic rings. The predicted molar refractivity (Wildman–Crippen MR) is 72.2 cm³/mol. The zero-order valence-electron chi connectivity index (χ0n) is 10.2. The average molecular weight is 238 g/mol. The summed E-state index contributed by atoms with van der Waals surface area (Å²) in [5.41, 5.74) is 1.57. The van der Waals surface area contributed by atoms with Crippen LogP contribution in [0.5, 0.6) is 0 Å². The van der Waals surface area contributed by atoms with Crippen molar-refractivity contribution < 1.29 is 9.53 Å². The number of hydrogen-bond acceptors (Lipinski definition) is 2. The molecule has 0 N–H and O–H groups in total. The van der Waals surface area contributed by atoms with Gasteiger partial charge in [-0.15, -0.1) is 0 Å². The van der Waals surface area contributed by atoms with Gasteiger partial charge in [0.05, 0.1) is 7.11 Å². The summed E-state index contributed by atoms with van der Waals surface area (Å²) in [4.78, 5) is 12.2. The number of Topliss-reactive ketones (excluding diaryl/α,β-unsaturated/α-hetero) is 1. The van der Waals surface area contributed by atoms with Crippen LogP contribution in [0.1, 0.15) is 15.9 Å². The second kappa shape index (κ2) is 5.82. The molecule has 0 unspecified atom stereocenters. The molecular formula is C16H14O2. The highest BCUT2D eigenvalue weighted by Gasteiger charge is 2.11. The Hall–Kier alpha value is -2.35. The summed E-state index contributed by atoms with van der Waals surface area (Å²) in [6.07, 6.45) is 1.75. The van der Waals surface area contributed by atoms with E-state index in [4.69, 9.17) is 4.74 Å². The molecule has 0 amide bonds. The molecule has 2 rings (SSSR count). The fourth-order valence-electron chi connectivity index (χ4n) is 1.65. The Kier molecular flexibility index (Phi) is 3.92. The number of carbonyl (C=O) groups excluding carboxylic acids is 1. The molecule has 2 heteroatoms. The van der Waals surface area contributed by atoms with Crippen LogP contribution in [0.4, 0.5) is 0 Å². The van der Waals surface area contributed by atoms with Crippen molar-refractivity contribution in [1.82, 2.24) is 0 Å². The van der Waals surface area contributed by atoms with E-state index in [0.29, 0.717) is 11.3 Å². The van der Waals surface area contributed by atoms with Crippen molar-refractivity contribution in [3.8, 4) is 0 Å². The Morgan fingerprint density at radius 1 is 0.944 bits per heavy atom. The van der Waals surface area contributed by atoms with Crippen molar-refractivity contribution in [3.05, 3.63) is 77.5 Å². The van der Waals surface area contributed by atoms with Gasteiger partial charge in [0.15, 0.2) is 5.76 Å². The van der Waals surface area contributed by atoms with Crippen molar-refractivity contribution in [2.45, 2.75) is 0 Å². The summed E-state index contributed by atoms with van der Waals surface area (Å²) in [6, 6.07) is 18.7. The van der Waals surface area contributed by atoms with Crippen molar-refractivity contribution in [2.24, 2.45) is 0 Å². The lowest BCUT2D eigenvalue weighted by atomic mass is 10.1. The first kappa shape index (κ1) is 12.1. The van der Waals surface area contributed by atoms with E-state index in [9.17, 15) is 4.79 Å². The Bertz CT molecular complexity index is 542. The van der Waals surface area contributed by atoms with Gasteiger partial charge in [-0.3, -0.25) is 4.79 Å². The van der Waals surface area contributed by atoms with Gasteiger partial charge in [-0.1, -0.05) is 60.7 Å². The largest absolute Gasteiger partial charge is 0.493 e. The van der Waals surface area contributed by atoms with Crippen molar-refractivity contribution in [3.63, 3.8) is 0 Å². The maximum absolute atomic E-state index is 12.2. The van der Waals surface area contributed by atoms with Gasteiger partial charge >= 0.3 is 0 Å². The number of benzene rings is 2. The Balaban J connectivity index is 2.30. The van der Waals surface area contributed by atoms with E-state index in [2.05, 4.69) is 0 Å². The highest BCUT2D eigenvalue weighted by Crippen LogP contribution is 2.13. The van der Waals surface area contributed by atoms with Crippen LogP contribution in [0.15, 0.2) is 66.4 Å². The first-order chi connectivity index (χ1) is 8.81. The van der Waals surface area contributed by atoms with Crippen molar-refractivity contribution in [2.75, 3.05) is 7.11 Å². The van der Waals surface area contributed by atoms with E-state index in [1.165, 1.54) is 7.11 Å². The van der Waals surface area contributed by atoms with E-state index in [-0.39, 0.29) is 5.78 Å². The second-order valence-corrected chi connectivity index (χ2v) is 3.82. The molecule has 2 nitrogen and oxygen atoms in total. The van der Waals surface area contributed by atoms with E-state index < -0.39 is 0 Å². The Labute approximate surface area is 107 Å². The Morgan fingerprint density at radius 3 is 2.06 bits per heavy atom. The summed E-state index contributed by atoms with van der Waals surface area (Å²) in [6.45, 7) is 0. The third kappa shape index (κ3) is 2.86. The molecule has 0 heterocycles. The molecule has 0 aliphatic carbocycles. The molecule has 2 aromatic carbocycles. The minimum atomic E-state index is -0.109. The molecule has 0 fully saturated rings. The zero-order chi connectivity index (χ0) is 12.8. The quantitative estimate of drug-likeness (QED) is 0.462. The second-order valence-electron chi connectivity index (χ2n) is 3.82. The molecule has 0 aromatic heterocycles. The summed E-state index contributed by atoms with van der Waals surface area (Å²) in [5, 5.41) is 0. The summed E-state index contributed by atoms with van der Waals surface area (Å²) < 4.78 is 5.18. The fraction of sp³-hybridized carbons (Fsp3) is 0.0625. The third-order valence-electron chi connectivity index (χ3n) is 2.58. The SMILES string of the molecule is CO/C(=C\c1ccccc1)C(=O)c1ccccc1. The monoisotopic (exact) mass is 238 g/mol. The fourth-order valence-corrected chi connectivity index (χ4v) is 1.65. The Morgan fingerprint density at radius 2 is 1.50 bits per heavy atom.